The summed E-state index contributed by atoms with van der Waals surface area (Å²) < 4.78 is 0. The highest BCUT2D eigenvalue weighted by Gasteiger charge is 2.59. The van der Waals surface area contributed by atoms with E-state index < -0.39 is 0 Å². The van der Waals surface area contributed by atoms with Gasteiger partial charge in [0.05, 0.1) is 0 Å². The fraction of sp³-hybridized carbons (Fsp3) is 0.700. The Balaban J connectivity index is 1.80. The van der Waals surface area contributed by atoms with Crippen LogP contribution in [0.2, 0.25) is 0 Å². The van der Waals surface area contributed by atoms with E-state index in [1.54, 1.807) is 11.1 Å². The van der Waals surface area contributed by atoms with Crippen LogP contribution in [-0.2, 0) is 0 Å². The number of fused-ring (bicyclic) bond motifs is 4. The standard InChI is InChI=1S/C20H29P/c1-13-4-6-16-15(12-13)5-7-18-17(16)9-10-19(3)14(2)8-11-20(18,19)21/h12,14,18H,1,4-11,21H2,2-3H3/t14?,18?,19-,20?/m1/s1. The van der Waals surface area contributed by atoms with Gasteiger partial charge in [-0.25, -0.2) is 0 Å². The summed E-state index contributed by atoms with van der Waals surface area (Å²) in [5.74, 6) is 1.73. The molecule has 2 fully saturated rings. The fourth-order valence-electron chi connectivity index (χ4n) is 5.98. The smallest absolute Gasteiger partial charge is 0.00284 e. The summed E-state index contributed by atoms with van der Waals surface area (Å²) in [6.45, 7) is 9.29. The van der Waals surface area contributed by atoms with Crippen LogP contribution in [0.15, 0.2) is 34.9 Å². The van der Waals surface area contributed by atoms with Crippen molar-refractivity contribution in [1.29, 1.82) is 0 Å². The molecule has 0 aromatic carbocycles. The van der Waals surface area contributed by atoms with E-state index in [-0.39, 0.29) is 0 Å². The summed E-state index contributed by atoms with van der Waals surface area (Å²) in [6, 6.07) is 0. The lowest BCUT2D eigenvalue weighted by Gasteiger charge is -2.55. The van der Waals surface area contributed by atoms with Gasteiger partial charge in [-0.3, -0.25) is 0 Å². The highest BCUT2D eigenvalue weighted by Crippen LogP contribution is 2.67. The molecule has 0 spiro atoms. The van der Waals surface area contributed by atoms with Gasteiger partial charge in [0.15, 0.2) is 0 Å². The van der Waals surface area contributed by atoms with Crippen molar-refractivity contribution < 1.29 is 0 Å². The lowest BCUT2D eigenvalue weighted by atomic mass is 9.55. The Morgan fingerprint density at radius 2 is 1.95 bits per heavy atom. The molecular weight excluding hydrogens is 271 g/mol. The summed E-state index contributed by atoms with van der Waals surface area (Å²) in [6.07, 6.45) is 13.1. The number of hydrogen-bond donors (Lipinski definition) is 0. The van der Waals surface area contributed by atoms with Gasteiger partial charge in [-0.1, -0.05) is 37.6 Å². The molecule has 4 rings (SSSR count). The van der Waals surface area contributed by atoms with Gasteiger partial charge in [-0.05, 0) is 84.9 Å². The Kier molecular flexibility index (Phi) is 3.11. The molecule has 0 saturated heterocycles. The summed E-state index contributed by atoms with van der Waals surface area (Å²) in [4.78, 5) is 0. The maximum Gasteiger partial charge on any atom is -0.00284 e. The maximum atomic E-state index is 4.19. The van der Waals surface area contributed by atoms with Crippen molar-refractivity contribution in [3.63, 3.8) is 0 Å². The van der Waals surface area contributed by atoms with E-state index in [1.165, 1.54) is 56.9 Å². The van der Waals surface area contributed by atoms with Crippen LogP contribution in [0.4, 0.5) is 0 Å². The molecular formula is C20H29P. The first-order chi connectivity index (χ1) is 9.96. The van der Waals surface area contributed by atoms with Crippen LogP contribution in [0.1, 0.15) is 65.2 Å². The number of hydrogen-bond acceptors (Lipinski definition) is 0. The molecule has 1 heteroatoms. The third kappa shape index (κ3) is 1.78. The minimum Gasteiger partial charge on any atom is -0.130 e. The van der Waals surface area contributed by atoms with Crippen molar-refractivity contribution in [1.82, 2.24) is 0 Å². The van der Waals surface area contributed by atoms with Crippen molar-refractivity contribution in [3.05, 3.63) is 34.9 Å². The molecule has 4 aliphatic carbocycles. The SMILES string of the molecule is C=C1C=C2CCC3C(=C2CC1)CC[C@]1(C)C(C)CCC31P. The van der Waals surface area contributed by atoms with Crippen LogP contribution in [0.25, 0.3) is 0 Å². The Morgan fingerprint density at radius 3 is 2.76 bits per heavy atom. The molecule has 0 nitrogen and oxygen atoms in total. The predicted octanol–water partition coefficient (Wildman–Crippen LogP) is 5.81. The van der Waals surface area contributed by atoms with E-state index in [2.05, 4.69) is 35.7 Å². The van der Waals surface area contributed by atoms with Crippen molar-refractivity contribution in [2.24, 2.45) is 17.3 Å². The lowest BCUT2D eigenvalue weighted by molar-refractivity contribution is 0.110. The molecule has 0 radical (unpaired) electrons. The van der Waals surface area contributed by atoms with Crippen molar-refractivity contribution in [3.8, 4) is 0 Å². The Morgan fingerprint density at radius 1 is 1.14 bits per heavy atom. The first kappa shape index (κ1) is 14.3. The van der Waals surface area contributed by atoms with Crippen LogP contribution in [0, 0.1) is 17.3 Å². The highest BCUT2D eigenvalue weighted by molar-refractivity contribution is 7.19. The van der Waals surface area contributed by atoms with Crippen molar-refractivity contribution in [2.45, 2.75) is 70.4 Å². The van der Waals surface area contributed by atoms with E-state index >= 15 is 0 Å². The minimum absolute atomic E-state index is 0.479. The summed E-state index contributed by atoms with van der Waals surface area (Å²) in [5.41, 5.74) is 7.14. The van der Waals surface area contributed by atoms with E-state index in [0.717, 1.165) is 11.8 Å². The molecule has 2 saturated carbocycles. The van der Waals surface area contributed by atoms with Gasteiger partial charge in [0.1, 0.15) is 0 Å². The third-order valence-corrected chi connectivity index (χ3v) is 9.00. The molecule has 5 atom stereocenters. The predicted molar refractivity (Wildman–Crippen MR) is 94.4 cm³/mol. The van der Waals surface area contributed by atoms with Crippen LogP contribution < -0.4 is 0 Å². The normalized spacial score (nSPS) is 45.9. The zero-order valence-electron chi connectivity index (χ0n) is 13.7. The molecule has 0 amide bonds. The Labute approximate surface area is 132 Å². The first-order valence-electron chi connectivity index (χ1n) is 8.85. The summed E-state index contributed by atoms with van der Waals surface area (Å²) in [7, 11) is 3.38. The van der Waals surface area contributed by atoms with Gasteiger partial charge in [0.2, 0.25) is 0 Å². The second kappa shape index (κ2) is 4.58. The van der Waals surface area contributed by atoms with Gasteiger partial charge in [-0.2, -0.15) is 0 Å². The zero-order valence-corrected chi connectivity index (χ0v) is 14.8. The molecule has 0 heterocycles. The molecule has 0 bridgehead atoms. The maximum absolute atomic E-state index is 4.19. The largest absolute Gasteiger partial charge is 0.130 e. The Bertz CT molecular complexity index is 566. The van der Waals surface area contributed by atoms with Crippen molar-refractivity contribution >= 4 is 9.24 Å². The van der Waals surface area contributed by atoms with E-state index in [9.17, 15) is 0 Å². The van der Waals surface area contributed by atoms with E-state index in [1.807, 2.05) is 5.57 Å². The molecule has 4 unspecified atom stereocenters. The third-order valence-electron chi connectivity index (χ3n) is 7.65. The van der Waals surface area contributed by atoms with E-state index in [4.69, 9.17) is 0 Å². The monoisotopic (exact) mass is 300 g/mol. The van der Waals surface area contributed by atoms with Crippen LogP contribution in [0.3, 0.4) is 0 Å². The average Bonchev–Trinajstić information content (AvgIpc) is 2.71. The minimum atomic E-state index is 0.479. The number of allylic oxidation sites excluding steroid dienone is 5. The van der Waals surface area contributed by atoms with Gasteiger partial charge in [-0.15, -0.1) is 9.24 Å². The second-order valence-electron chi connectivity index (χ2n) is 8.32. The first-order valence-corrected chi connectivity index (χ1v) is 9.43. The quantitative estimate of drug-likeness (QED) is 0.495. The molecule has 21 heavy (non-hydrogen) atoms. The zero-order chi connectivity index (χ0) is 14.8. The molecule has 0 aromatic heterocycles. The fourth-order valence-corrected chi connectivity index (χ4v) is 6.95. The Hall–Kier alpha value is -0.350. The summed E-state index contributed by atoms with van der Waals surface area (Å²) in [5, 5.41) is 0.479. The van der Waals surface area contributed by atoms with E-state index in [0.29, 0.717) is 10.6 Å². The van der Waals surface area contributed by atoms with Gasteiger partial charge in [0, 0.05) is 0 Å². The van der Waals surface area contributed by atoms with Crippen LogP contribution in [0.5, 0.6) is 0 Å². The van der Waals surface area contributed by atoms with Crippen LogP contribution >= 0.6 is 9.24 Å². The topological polar surface area (TPSA) is 0 Å². The van der Waals surface area contributed by atoms with Gasteiger partial charge in [0.25, 0.3) is 0 Å². The van der Waals surface area contributed by atoms with Gasteiger partial charge >= 0.3 is 0 Å². The second-order valence-corrected chi connectivity index (χ2v) is 9.35. The highest BCUT2D eigenvalue weighted by atomic mass is 31.0. The molecule has 0 N–H and O–H groups in total. The average molecular weight is 300 g/mol. The molecule has 0 aliphatic heterocycles. The molecule has 0 aromatic rings. The van der Waals surface area contributed by atoms with Crippen LogP contribution in [-0.4, -0.2) is 5.16 Å². The van der Waals surface area contributed by atoms with Crippen molar-refractivity contribution in [2.75, 3.05) is 0 Å². The number of rotatable bonds is 0. The molecule has 4 aliphatic rings. The summed E-state index contributed by atoms with van der Waals surface area (Å²) >= 11 is 0. The molecule has 114 valence electrons. The lowest BCUT2D eigenvalue weighted by Crippen LogP contribution is -2.50. The van der Waals surface area contributed by atoms with Gasteiger partial charge < -0.3 is 0 Å².